The lowest BCUT2D eigenvalue weighted by atomic mass is 9.99. The topological polar surface area (TPSA) is 237 Å². The lowest BCUT2D eigenvalue weighted by Crippen LogP contribution is -2.30. The van der Waals surface area contributed by atoms with Crippen molar-refractivity contribution in [3.63, 3.8) is 0 Å². The first-order chi connectivity index (χ1) is 39.9. The van der Waals surface area contributed by atoms with Crippen molar-refractivity contribution in [2.24, 2.45) is 11.8 Å². The number of ether oxygens (including phenoxy) is 4. The lowest BCUT2D eigenvalue weighted by Gasteiger charge is -2.21. The van der Waals surface area contributed by atoms with Crippen LogP contribution in [0.1, 0.15) is 318 Å². The summed E-state index contributed by atoms with van der Waals surface area (Å²) >= 11 is 0. The Balaban J connectivity index is 5.19. The van der Waals surface area contributed by atoms with Crippen molar-refractivity contribution >= 4 is 39.5 Å². The normalized spacial score (nSPS) is 15.0. The van der Waals surface area contributed by atoms with Crippen LogP contribution >= 0.6 is 15.6 Å². The van der Waals surface area contributed by atoms with E-state index in [0.29, 0.717) is 25.7 Å². The van der Waals surface area contributed by atoms with Gasteiger partial charge in [-0.05, 0) is 37.5 Å². The highest BCUT2D eigenvalue weighted by molar-refractivity contribution is 7.47. The van der Waals surface area contributed by atoms with Gasteiger partial charge in [-0.3, -0.25) is 37.3 Å². The molecule has 0 radical (unpaired) electrons. The molecule has 0 heterocycles. The number of hydrogen-bond donors (Lipinski definition) is 3. The van der Waals surface area contributed by atoms with Gasteiger partial charge in [-0.25, -0.2) is 9.13 Å². The van der Waals surface area contributed by atoms with Crippen molar-refractivity contribution in [3.8, 4) is 0 Å². The Morgan fingerprint density at radius 2 is 0.578 bits per heavy atom. The summed E-state index contributed by atoms with van der Waals surface area (Å²) in [6, 6.07) is 0. The average molecular weight is 1230 g/mol. The van der Waals surface area contributed by atoms with Crippen LogP contribution in [0.15, 0.2) is 0 Å². The van der Waals surface area contributed by atoms with E-state index in [0.717, 1.165) is 108 Å². The molecule has 0 aromatic heterocycles. The number of rotatable bonds is 63. The van der Waals surface area contributed by atoms with Gasteiger partial charge in [0, 0.05) is 25.7 Å². The van der Waals surface area contributed by atoms with Crippen LogP contribution in [0.2, 0.25) is 0 Å². The molecule has 7 atom stereocenters. The van der Waals surface area contributed by atoms with Crippen LogP contribution in [0.3, 0.4) is 0 Å². The number of esters is 4. The molecule has 0 aromatic rings. The summed E-state index contributed by atoms with van der Waals surface area (Å²) in [5, 5.41) is 10.5. The van der Waals surface area contributed by atoms with Gasteiger partial charge in [-0.2, -0.15) is 0 Å². The number of aliphatic hydroxyl groups is 1. The van der Waals surface area contributed by atoms with E-state index in [1.165, 1.54) is 128 Å². The highest BCUT2D eigenvalue weighted by Gasteiger charge is 2.30. The molecule has 17 nitrogen and oxygen atoms in total. The Labute approximate surface area is 505 Å². The van der Waals surface area contributed by atoms with Crippen molar-refractivity contribution in [3.05, 3.63) is 0 Å². The first-order valence-electron chi connectivity index (χ1n) is 33.6. The molecule has 19 heteroatoms. The second-order valence-electron chi connectivity index (χ2n) is 23.6. The molecule has 492 valence electrons. The van der Waals surface area contributed by atoms with E-state index >= 15 is 0 Å². The van der Waals surface area contributed by atoms with E-state index in [4.69, 9.17) is 37.0 Å². The third-order valence-electron chi connectivity index (χ3n) is 15.4. The largest absolute Gasteiger partial charge is 0.472 e. The van der Waals surface area contributed by atoms with Crippen molar-refractivity contribution in [2.75, 3.05) is 39.6 Å². The Hall–Kier alpha value is -1.94. The SMILES string of the molecule is CCCCCCCCCCCCCCCCC(=O)OC[C@H](COP(=O)(O)OC[C@@H](O)COP(=O)(O)OC[C@@H](COC(=O)CCCCCCC)OC(=O)CCCCCCCCC(C)CC)OC(=O)CCCCCCCCCCCCC(C)CC. The van der Waals surface area contributed by atoms with Crippen LogP contribution in [0.4, 0.5) is 0 Å². The number of phosphoric ester groups is 2. The van der Waals surface area contributed by atoms with Gasteiger partial charge in [0.15, 0.2) is 12.2 Å². The smallest absolute Gasteiger partial charge is 0.462 e. The minimum Gasteiger partial charge on any atom is -0.462 e. The molecule has 0 rings (SSSR count). The third-order valence-corrected chi connectivity index (χ3v) is 17.3. The van der Waals surface area contributed by atoms with Crippen LogP contribution < -0.4 is 0 Å². The van der Waals surface area contributed by atoms with Crippen molar-refractivity contribution < 1.29 is 80.2 Å². The predicted molar refractivity (Wildman–Crippen MR) is 331 cm³/mol. The summed E-state index contributed by atoms with van der Waals surface area (Å²) in [6.07, 6.45) is 39.2. The second kappa shape index (κ2) is 56.6. The zero-order chi connectivity index (χ0) is 61.5. The van der Waals surface area contributed by atoms with Gasteiger partial charge in [0.25, 0.3) is 0 Å². The van der Waals surface area contributed by atoms with Gasteiger partial charge in [0.2, 0.25) is 0 Å². The van der Waals surface area contributed by atoms with E-state index < -0.39 is 97.5 Å². The third kappa shape index (κ3) is 56.3. The maximum absolute atomic E-state index is 13.0. The zero-order valence-electron chi connectivity index (χ0n) is 53.5. The molecule has 0 spiro atoms. The quantitative estimate of drug-likeness (QED) is 0.0222. The molecule has 0 bridgehead atoms. The molecule has 0 saturated heterocycles. The Morgan fingerprint density at radius 1 is 0.337 bits per heavy atom. The molecule has 0 amide bonds. The number of hydrogen-bond acceptors (Lipinski definition) is 15. The maximum atomic E-state index is 13.0. The van der Waals surface area contributed by atoms with E-state index in [-0.39, 0.29) is 25.7 Å². The van der Waals surface area contributed by atoms with Crippen molar-refractivity contribution in [2.45, 2.75) is 336 Å². The minimum absolute atomic E-state index is 0.102. The van der Waals surface area contributed by atoms with E-state index in [9.17, 15) is 43.2 Å². The molecular weight excluding hydrogens is 1100 g/mol. The van der Waals surface area contributed by atoms with Crippen LogP contribution in [0.5, 0.6) is 0 Å². The number of carbonyl (C=O) groups is 4. The number of phosphoric acid groups is 2. The molecule has 4 unspecified atom stereocenters. The summed E-state index contributed by atoms with van der Waals surface area (Å²) in [4.78, 5) is 72.0. The Bertz CT molecular complexity index is 1640. The first kappa shape index (κ1) is 81.1. The van der Waals surface area contributed by atoms with E-state index in [1.54, 1.807) is 0 Å². The summed E-state index contributed by atoms with van der Waals surface area (Å²) < 4.78 is 67.8. The number of aliphatic hydroxyl groups excluding tert-OH is 1. The van der Waals surface area contributed by atoms with Crippen LogP contribution in [0.25, 0.3) is 0 Å². The van der Waals surface area contributed by atoms with Crippen LogP contribution in [-0.4, -0.2) is 96.7 Å². The average Bonchev–Trinajstić information content (AvgIpc) is 3.46. The highest BCUT2D eigenvalue weighted by Crippen LogP contribution is 2.45. The Kier molecular flexibility index (Phi) is 55.2. The summed E-state index contributed by atoms with van der Waals surface area (Å²) in [7, 11) is -9.88. The molecule has 0 saturated carbocycles. The fourth-order valence-corrected chi connectivity index (χ4v) is 11.0. The molecule has 0 aliphatic carbocycles. The first-order valence-corrected chi connectivity index (χ1v) is 36.6. The monoisotopic (exact) mass is 1230 g/mol. The van der Waals surface area contributed by atoms with Crippen LogP contribution in [0, 0.1) is 11.8 Å². The predicted octanol–water partition coefficient (Wildman–Crippen LogP) is 17.7. The van der Waals surface area contributed by atoms with Crippen molar-refractivity contribution in [1.29, 1.82) is 0 Å². The lowest BCUT2D eigenvalue weighted by molar-refractivity contribution is -0.161. The maximum Gasteiger partial charge on any atom is 0.472 e. The molecular formula is C64H124O17P2. The highest BCUT2D eigenvalue weighted by atomic mass is 31.2. The van der Waals surface area contributed by atoms with Gasteiger partial charge >= 0.3 is 39.5 Å². The minimum atomic E-state index is -4.94. The Morgan fingerprint density at radius 3 is 0.855 bits per heavy atom. The summed E-state index contributed by atoms with van der Waals surface area (Å²) in [5.41, 5.74) is 0. The van der Waals surface area contributed by atoms with E-state index in [1.807, 2.05) is 0 Å². The van der Waals surface area contributed by atoms with Gasteiger partial charge < -0.3 is 33.8 Å². The summed E-state index contributed by atoms with van der Waals surface area (Å²) in [5.74, 6) is -0.622. The molecule has 0 aliphatic heterocycles. The van der Waals surface area contributed by atoms with Gasteiger partial charge in [-0.1, -0.05) is 266 Å². The van der Waals surface area contributed by atoms with Gasteiger partial charge in [0.05, 0.1) is 26.4 Å². The second-order valence-corrected chi connectivity index (χ2v) is 26.5. The molecule has 3 N–H and O–H groups in total. The molecule has 83 heavy (non-hydrogen) atoms. The van der Waals surface area contributed by atoms with E-state index in [2.05, 4.69) is 41.5 Å². The zero-order valence-corrected chi connectivity index (χ0v) is 55.3. The number of carbonyl (C=O) groups excluding carboxylic acids is 4. The van der Waals surface area contributed by atoms with Crippen LogP contribution in [-0.2, 0) is 65.4 Å². The molecule has 0 aromatic carbocycles. The molecule has 0 aliphatic rings. The summed E-state index contributed by atoms with van der Waals surface area (Å²) in [6.45, 7) is 9.39. The van der Waals surface area contributed by atoms with Crippen molar-refractivity contribution in [1.82, 2.24) is 0 Å². The fraction of sp³-hybridized carbons (Fsp3) is 0.938. The fourth-order valence-electron chi connectivity index (χ4n) is 9.47. The molecule has 0 fully saturated rings. The van der Waals surface area contributed by atoms with Gasteiger partial charge in [0.1, 0.15) is 19.3 Å². The standard InChI is InChI=1S/C64H124O17P2/c1-7-11-13-15-16-17-18-19-20-21-25-28-35-41-47-62(67)75-53-60(80-63(68)48-42-36-29-26-23-22-24-27-33-38-44-56(5)9-3)55-79-83(72,73)77-51-58(65)50-76-82(70,71)78-54-59(52-74-61(66)46-40-32-14-12-8-2)81-64(69)49-43-37-31-30-34-39-45-57(6)10-4/h56-60,65H,7-55H2,1-6H3,(H,70,71)(H,72,73)/t56?,57?,58-,59+,60+/m0/s1. The number of unbranched alkanes of at least 4 members (excludes halogenated alkanes) is 31. The van der Waals surface area contributed by atoms with Gasteiger partial charge in [-0.15, -0.1) is 0 Å².